The molecule has 0 aliphatic rings. The summed E-state index contributed by atoms with van der Waals surface area (Å²) in [5, 5.41) is 0. The van der Waals surface area contributed by atoms with Gasteiger partial charge in [-0.15, -0.1) is 0 Å². The first-order valence-corrected chi connectivity index (χ1v) is 8.28. The first kappa shape index (κ1) is 16.2. The molecule has 0 saturated carbocycles. The number of nitrogens with two attached hydrogens (primary N) is 1. The highest BCUT2D eigenvalue weighted by Crippen LogP contribution is 2.19. The van der Waals surface area contributed by atoms with E-state index in [4.69, 9.17) is 15.2 Å². The number of hydrogen-bond donors (Lipinski definition) is 1. The van der Waals surface area contributed by atoms with E-state index in [-0.39, 0.29) is 0 Å². The molecular weight excluding hydrogens is 302 g/mol. The first-order chi connectivity index (χ1) is 11.7. The van der Waals surface area contributed by atoms with Gasteiger partial charge in [0.2, 0.25) is 0 Å². The van der Waals surface area contributed by atoms with Crippen molar-refractivity contribution in [1.29, 1.82) is 0 Å². The number of hydrogen-bond acceptors (Lipinski definition) is 3. The van der Waals surface area contributed by atoms with E-state index in [1.165, 1.54) is 5.52 Å². The lowest BCUT2D eigenvalue weighted by Gasteiger charge is -2.07. The molecule has 1 aromatic heterocycles. The molecule has 5 heteroatoms. The van der Waals surface area contributed by atoms with Crippen LogP contribution in [0.25, 0.3) is 11.0 Å². The van der Waals surface area contributed by atoms with Crippen LogP contribution in [-0.4, -0.2) is 18.3 Å². The quantitative estimate of drug-likeness (QED) is 0.679. The van der Waals surface area contributed by atoms with E-state index in [1.54, 1.807) is 7.11 Å². The average molecular weight is 326 g/mol. The lowest BCUT2D eigenvalue weighted by atomic mass is 10.3. The zero-order valence-electron chi connectivity index (χ0n) is 14.2. The van der Waals surface area contributed by atoms with Crippen molar-refractivity contribution in [2.75, 3.05) is 19.5 Å². The molecule has 3 aromatic rings. The fraction of sp³-hybridized carbons (Fsp3) is 0.316. The van der Waals surface area contributed by atoms with E-state index < -0.39 is 0 Å². The molecule has 0 bridgehead atoms. The normalized spacial score (nSPS) is 10.9. The van der Waals surface area contributed by atoms with Crippen molar-refractivity contribution in [3.05, 3.63) is 48.5 Å². The molecule has 24 heavy (non-hydrogen) atoms. The molecule has 0 amide bonds. The molecule has 5 nitrogen and oxygen atoms in total. The third kappa shape index (κ3) is 3.15. The minimum absolute atomic E-state index is 0.557. The van der Waals surface area contributed by atoms with E-state index >= 15 is 0 Å². The average Bonchev–Trinajstić information content (AvgIpc) is 2.88. The van der Waals surface area contributed by atoms with E-state index in [0.717, 1.165) is 35.9 Å². The number of rotatable bonds is 7. The van der Waals surface area contributed by atoms with Crippen molar-refractivity contribution in [2.45, 2.75) is 26.4 Å². The Balaban J connectivity index is 1.76. The van der Waals surface area contributed by atoms with Gasteiger partial charge in [-0.3, -0.25) is 5.73 Å². The van der Waals surface area contributed by atoms with Gasteiger partial charge in [-0.25, -0.2) is 9.13 Å². The summed E-state index contributed by atoms with van der Waals surface area (Å²) in [4.78, 5) is 0. The Hall–Kier alpha value is -2.69. The topological polar surface area (TPSA) is 53.3 Å². The lowest BCUT2D eigenvalue weighted by Crippen LogP contribution is -2.36. The van der Waals surface area contributed by atoms with Crippen LogP contribution in [0.5, 0.6) is 11.5 Å². The van der Waals surface area contributed by atoms with Crippen molar-refractivity contribution >= 4 is 17.0 Å². The number of benzene rings is 2. The molecule has 0 spiro atoms. The van der Waals surface area contributed by atoms with Crippen molar-refractivity contribution in [1.82, 2.24) is 4.57 Å². The van der Waals surface area contributed by atoms with Gasteiger partial charge in [0.25, 0.3) is 0 Å². The number of para-hydroxylation sites is 2. The lowest BCUT2D eigenvalue weighted by molar-refractivity contribution is -0.657. The summed E-state index contributed by atoms with van der Waals surface area (Å²) in [5.41, 5.74) is 8.68. The Bertz CT molecular complexity index is 809. The van der Waals surface area contributed by atoms with Gasteiger partial charge in [0.05, 0.1) is 13.7 Å². The Labute approximate surface area is 142 Å². The number of fused-ring (bicyclic) bond motifs is 1. The molecule has 0 radical (unpaired) electrons. The van der Waals surface area contributed by atoms with Crippen molar-refractivity contribution in [3.8, 4) is 11.5 Å². The molecule has 0 fully saturated rings. The summed E-state index contributed by atoms with van der Waals surface area (Å²) in [7, 11) is 1.65. The zero-order chi connectivity index (χ0) is 16.9. The van der Waals surface area contributed by atoms with Gasteiger partial charge in [0, 0.05) is 0 Å². The van der Waals surface area contributed by atoms with Gasteiger partial charge in [-0.2, -0.15) is 0 Å². The van der Waals surface area contributed by atoms with Gasteiger partial charge in [-0.05, 0) is 42.8 Å². The van der Waals surface area contributed by atoms with Crippen LogP contribution in [0.4, 0.5) is 5.95 Å². The van der Waals surface area contributed by atoms with Crippen LogP contribution in [0.15, 0.2) is 48.5 Å². The van der Waals surface area contributed by atoms with Crippen LogP contribution in [0.3, 0.4) is 0 Å². The summed E-state index contributed by atoms with van der Waals surface area (Å²) in [6.07, 6.45) is 1.05. The number of nitrogens with zero attached hydrogens (tertiary/aromatic N) is 2. The molecule has 3 rings (SSSR count). The van der Waals surface area contributed by atoms with Crippen LogP contribution >= 0.6 is 0 Å². The van der Waals surface area contributed by atoms with Crippen molar-refractivity contribution in [2.24, 2.45) is 0 Å². The molecule has 0 atom stereocenters. The second kappa shape index (κ2) is 7.25. The molecule has 0 saturated heterocycles. The minimum atomic E-state index is 0.557. The standard InChI is InChI=1S/C19H23N3O2/c1-3-12-21-17-6-4-5-7-18(17)22(19(21)20)13-14-24-16-10-8-15(23-2)9-11-16/h4-11,20H,3,12-14H2,1-2H3/p+1. The molecule has 0 aliphatic carbocycles. The predicted molar refractivity (Wildman–Crippen MR) is 95.3 cm³/mol. The van der Waals surface area contributed by atoms with Crippen LogP contribution in [-0.2, 0) is 13.1 Å². The SMILES string of the molecule is CCC[n+]1c(N)n(CCOc2ccc(OC)cc2)c2ccccc21. The second-order valence-electron chi connectivity index (χ2n) is 5.67. The zero-order valence-corrected chi connectivity index (χ0v) is 14.2. The van der Waals surface area contributed by atoms with Crippen LogP contribution < -0.4 is 19.8 Å². The third-order valence-corrected chi connectivity index (χ3v) is 4.11. The van der Waals surface area contributed by atoms with E-state index in [2.05, 4.69) is 28.2 Å². The highest BCUT2D eigenvalue weighted by atomic mass is 16.5. The molecule has 1 heterocycles. The number of ether oxygens (including phenoxy) is 2. The number of nitrogen functional groups attached to an aromatic ring is 1. The van der Waals surface area contributed by atoms with Crippen molar-refractivity contribution in [3.63, 3.8) is 0 Å². The monoisotopic (exact) mass is 326 g/mol. The van der Waals surface area contributed by atoms with Crippen LogP contribution in [0.1, 0.15) is 13.3 Å². The van der Waals surface area contributed by atoms with Gasteiger partial charge in [0.1, 0.15) is 35.7 Å². The maximum Gasteiger partial charge on any atom is 0.356 e. The smallest absolute Gasteiger partial charge is 0.356 e. The highest BCUT2D eigenvalue weighted by molar-refractivity contribution is 5.73. The number of imidazole rings is 1. The van der Waals surface area contributed by atoms with E-state index in [9.17, 15) is 0 Å². The van der Waals surface area contributed by atoms with Gasteiger partial charge in [-0.1, -0.05) is 19.1 Å². The van der Waals surface area contributed by atoms with Crippen molar-refractivity contribution < 1.29 is 14.0 Å². The third-order valence-electron chi connectivity index (χ3n) is 4.11. The van der Waals surface area contributed by atoms with E-state index in [0.29, 0.717) is 13.2 Å². The summed E-state index contributed by atoms with van der Waals surface area (Å²) in [6.45, 7) is 4.33. The Kier molecular flexibility index (Phi) is 4.89. The summed E-state index contributed by atoms with van der Waals surface area (Å²) < 4.78 is 15.3. The maximum absolute atomic E-state index is 6.37. The number of methoxy groups -OCH3 is 1. The molecular formula is C19H24N3O2+. The van der Waals surface area contributed by atoms with Gasteiger partial charge < -0.3 is 9.47 Å². The largest absolute Gasteiger partial charge is 0.497 e. The maximum atomic E-state index is 6.37. The number of aromatic nitrogens is 2. The molecule has 2 N–H and O–H groups in total. The summed E-state index contributed by atoms with van der Waals surface area (Å²) >= 11 is 0. The minimum Gasteiger partial charge on any atom is -0.497 e. The Morgan fingerprint density at radius 3 is 2.46 bits per heavy atom. The Morgan fingerprint density at radius 2 is 1.75 bits per heavy atom. The number of aryl methyl sites for hydroxylation is 1. The fourth-order valence-electron chi connectivity index (χ4n) is 2.93. The second-order valence-corrected chi connectivity index (χ2v) is 5.67. The molecule has 0 unspecified atom stereocenters. The van der Waals surface area contributed by atoms with Crippen LogP contribution in [0, 0.1) is 0 Å². The predicted octanol–water partition coefficient (Wildman–Crippen LogP) is 3.01. The van der Waals surface area contributed by atoms with Gasteiger partial charge >= 0.3 is 5.95 Å². The van der Waals surface area contributed by atoms with E-state index in [1.807, 2.05) is 36.4 Å². The molecule has 126 valence electrons. The first-order valence-electron chi connectivity index (χ1n) is 8.28. The highest BCUT2D eigenvalue weighted by Gasteiger charge is 2.19. The molecule has 0 aliphatic heterocycles. The fourth-order valence-corrected chi connectivity index (χ4v) is 2.93. The van der Waals surface area contributed by atoms with Gasteiger partial charge in [0.15, 0.2) is 0 Å². The molecule has 2 aromatic carbocycles. The summed E-state index contributed by atoms with van der Waals surface area (Å²) in [5.74, 6) is 2.42. The number of anilines is 1. The Morgan fingerprint density at radius 1 is 1.04 bits per heavy atom. The van der Waals surface area contributed by atoms with Crippen LogP contribution in [0.2, 0.25) is 0 Å². The summed E-state index contributed by atoms with van der Waals surface area (Å²) in [6, 6.07) is 15.9.